The predicted molar refractivity (Wildman–Crippen MR) is 146 cm³/mol. The fraction of sp³-hybridized carbons (Fsp3) is 0.161. The first-order valence-electron chi connectivity index (χ1n) is 12.8. The summed E-state index contributed by atoms with van der Waals surface area (Å²) < 4.78 is 18.5. The number of urea groups is 1. The summed E-state index contributed by atoms with van der Waals surface area (Å²) in [6.07, 6.45) is 2.77. The molecule has 6 rings (SSSR count). The Hall–Kier alpha value is -4.65. The van der Waals surface area contributed by atoms with Crippen molar-refractivity contribution in [3.8, 4) is 11.5 Å². The van der Waals surface area contributed by atoms with Gasteiger partial charge in [-0.2, -0.15) is 5.10 Å². The van der Waals surface area contributed by atoms with Gasteiger partial charge in [-0.05, 0) is 66.9 Å². The number of hydrogen-bond acceptors (Lipinski definition) is 2. The maximum Gasteiger partial charge on any atom is 0.322 e. The van der Waals surface area contributed by atoms with Gasteiger partial charge in [-0.3, -0.25) is 0 Å². The van der Waals surface area contributed by atoms with Gasteiger partial charge >= 0.3 is 6.03 Å². The quantitative estimate of drug-likeness (QED) is 0.292. The number of rotatable bonds is 4. The molecule has 3 heterocycles. The van der Waals surface area contributed by atoms with E-state index in [9.17, 15) is 9.18 Å². The first kappa shape index (κ1) is 23.7. The van der Waals surface area contributed by atoms with E-state index in [4.69, 9.17) is 5.10 Å². The van der Waals surface area contributed by atoms with Gasteiger partial charge in [-0.1, -0.05) is 55.5 Å². The number of carbonyl (C=O) groups excluding carboxylic acids is 1. The van der Waals surface area contributed by atoms with Gasteiger partial charge in [0, 0.05) is 17.4 Å². The van der Waals surface area contributed by atoms with E-state index < -0.39 is 6.04 Å². The van der Waals surface area contributed by atoms with Crippen LogP contribution in [-0.4, -0.2) is 25.3 Å². The monoisotopic (exact) mass is 505 g/mol. The average molecular weight is 506 g/mol. The molecule has 5 aromatic rings. The van der Waals surface area contributed by atoms with E-state index in [0.29, 0.717) is 12.1 Å². The van der Waals surface area contributed by atoms with E-state index in [2.05, 4.69) is 16.8 Å². The second kappa shape index (κ2) is 9.67. The van der Waals surface area contributed by atoms with Gasteiger partial charge in [0.2, 0.25) is 0 Å². The number of anilines is 1. The summed E-state index contributed by atoms with van der Waals surface area (Å²) in [4.78, 5) is 15.9. The second-order valence-electron chi connectivity index (χ2n) is 9.46. The van der Waals surface area contributed by atoms with Gasteiger partial charge in [0.25, 0.3) is 0 Å². The number of para-hydroxylation sites is 2. The SMILES string of the molecule is CCc1ccccc1NC(=O)N1Cc2c(C)nn(-c3ccccc3)c2-n2cccc2[C@@H]1c1cccc(F)c1. The zero-order chi connectivity index (χ0) is 26.2. The summed E-state index contributed by atoms with van der Waals surface area (Å²) in [5.41, 5.74) is 6.06. The van der Waals surface area contributed by atoms with Crippen LogP contribution in [0.3, 0.4) is 0 Å². The lowest BCUT2D eigenvalue weighted by Gasteiger charge is -2.31. The molecule has 0 fully saturated rings. The van der Waals surface area contributed by atoms with Crippen LogP contribution in [0.25, 0.3) is 11.5 Å². The Morgan fingerprint density at radius 3 is 2.58 bits per heavy atom. The highest BCUT2D eigenvalue weighted by Crippen LogP contribution is 2.39. The Kier molecular flexibility index (Phi) is 6.04. The molecule has 0 unspecified atom stereocenters. The normalized spacial score (nSPS) is 14.5. The van der Waals surface area contributed by atoms with Gasteiger partial charge in [-0.25, -0.2) is 13.9 Å². The molecule has 190 valence electrons. The van der Waals surface area contributed by atoms with Crippen LogP contribution in [0.15, 0.2) is 97.2 Å². The van der Waals surface area contributed by atoms with Crippen LogP contribution in [0.4, 0.5) is 14.9 Å². The molecule has 3 aromatic carbocycles. The molecule has 1 N–H and O–H groups in total. The van der Waals surface area contributed by atoms with Crippen molar-refractivity contribution in [2.45, 2.75) is 32.9 Å². The Labute approximate surface area is 221 Å². The molecule has 38 heavy (non-hydrogen) atoms. The fourth-order valence-electron chi connectivity index (χ4n) is 5.31. The number of benzene rings is 3. The van der Waals surface area contributed by atoms with Gasteiger partial charge in [-0.15, -0.1) is 0 Å². The van der Waals surface area contributed by atoms with Crippen molar-refractivity contribution in [2.75, 3.05) is 5.32 Å². The summed E-state index contributed by atoms with van der Waals surface area (Å²) >= 11 is 0. The highest BCUT2D eigenvalue weighted by atomic mass is 19.1. The number of aromatic nitrogens is 3. The van der Waals surface area contributed by atoms with Crippen molar-refractivity contribution in [1.82, 2.24) is 19.2 Å². The number of fused-ring (bicyclic) bond motifs is 3. The molecule has 6 nitrogen and oxygen atoms in total. The molecule has 1 aliphatic rings. The summed E-state index contributed by atoms with van der Waals surface area (Å²) in [5, 5.41) is 8.02. The number of carbonyl (C=O) groups is 1. The summed E-state index contributed by atoms with van der Waals surface area (Å²) in [6, 6.07) is 27.4. The van der Waals surface area contributed by atoms with E-state index in [0.717, 1.165) is 46.1 Å². The van der Waals surface area contributed by atoms with Crippen LogP contribution in [-0.2, 0) is 13.0 Å². The average Bonchev–Trinajstić information content (AvgIpc) is 3.49. The highest BCUT2D eigenvalue weighted by molar-refractivity contribution is 5.91. The molecule has 2 aromatic heterocycles. The van der Waals surface area contributed by atoms with Crippen LogP contribution in [0, 0.1) is 12.7 Å². The molecule has 7 heteroatoms. The van der Waals surface area contributed by atoms with Crippen LogP contribution in [0.5, 0.6) is 0 Å². The molecule has 0 aliphatic carbocycles. The minimum atomic E-state index is -0.523. The smallest absolute Gasteiger partial charge is 0.308 e. The summed E-state index contributed by atoms with van der Waals surface area (Å²) in [6.45, 7) is 4.33. The van der Waals surface area contributed by atoms with Crippen molar-refractivity contribution in [3.05, 3.63) is 131 Å². The number of nitrogens with one attached hydrogen (secondary N) is 1. The number of amides is 2. The van der Waals surface area contributed by atoms with Crippen LogP contribution in [0.2, 0.25) is 0 Å². The Balaban J connectivity index is 1.54. The first-order valence-corrected chi connectivity index (χ1v) is 12.8. The standard InChI is InChI=1S/C31H28FN5O/c1-3-22-11-7-8-16-27(22)33-31(38)36-20-26-21(2)34-37(25-14-5-4-6-15-25)30(26)35-18-10-17-28(35)29(36)23-12-9-13-24(32)19-23/h4-19,29H,3,20H2,1-2H3,(H,33,38)/t29-/m0/s1. The van der Waals surface area contributed by atoms with E-state index in [1.165, 1.54) is 12.1 Å². The van der Waals surface area contributed by atoms with Gasteiger partial charge < -0.3 is 14.8 Å². The van der Waals surface area contributed by atoms with E-state index in [1.54, 1.807) is 11.0 Å². The Morgan fingerprint density at radius 2 is 1.79 bits per heavy atom. The van der Waals surface area contributed by atoms with E-state index >= 15 is 0 Å². The molecular formula is C31H28FN5O. The van der Waals surface area contributed by atoms with Crippen molar-refractivity contribution in [3.63, 3.8) is 0 Å². The van der Waals surface area contributed by atoms with Gasteiger partial charge in [0.1, 0.15) is 11.6 Å². The van der Waals surface area contributed by atoms with Crippen molar-refractivity contribution >= 4 is 11.7 Å². The maximum atomic E-state index is 14.5. The Bertz CT molecular complexity index is 1620. The second-order valence-corrected chi connectivity index (χ2v) is 9.46. The minimum Gasteiger partial charge on any atom is -0.308 e. The first-order chi connectivity index (χ1) is 18.5. The number of aryl methyl sites for hydroxylation is 2. The lowest BCUT2D eigenvalue weighted by molar-refractivity contribution is 0.194. The minimum absolute atomic E-state index is 0.257. The van der Waals surface area contributed by atoms with Crippen molar-refractivity contribution < 1.29 is 9.18 Å². The molecule has 0 bridgehead atoms. The van der Waals surface area contributed by atoms with E-state index in [1.807, 2.05) is 90.6 Å². The maximum absolute atomic E-state index is 14.5. The summed E-state index contributed by atoms with van der Waals surface area (Å²) in [5.74, 6) is 0.532. The third-order valence-corrected chi connectivity index (χ3v) is 7.15. The molecule has 0 saturated carbocycles. The van der Waals surface area contributed by atoms with Crippen LogP contribution < -0.4 is 5.32 Å². The largest absolute Gasteiger partial charge is 0.322 e. The van der Waals surface area contributed by atoms with Gasteiger partial charge in [0.15, 0.2) is 0 Å². The molecule has 1 atom stereocenters. The zero-order valence-electron chi connectivity index (χ0n) is 21.3. The molecule has 2 amide bonds. The molecule has 0 saturated heterocycles. The molecule has 0 spiro atoms. The topological polar surface area (TPSA) is 55.1 Å². The highest BCUT2D eigenvalue weighted by Gasteiger charge is 2.36. The van der Waals surface area contributed by atoms with E-state index in [-0.39, 0.29) is 11.8 Å². The third kappa shape index (κ3) is 4.06. The number of hydrogen-bond donors (Lipinski definition) is 1. The lowest BCUT2D eigenvalue weighted by atomic mass is 10.0. The van der Waals surface area contributed by atoms with Crippen molar-refractivity contribution in [2.24, 2.45) is 0 Å². The Morgan fingerprint density at radius 1 is 1.00 bits per heavy atom. The number of halogens is 1. The third-order valence-electron chi connectivity index (χ3n) is 7.15. The van der Waals surface area contributed by atoms with Crippen LogP contribution >= 0.6 is 0 Å². The molecule has 0 radical (unpaired) electrons. The van der Waals surface area contributed by atoms with Crippen LogP contribution in [0.1, 0.15) is 41.0 Å². The predicted octanol–water partition coefficient (Wildman–Crippen LogP) is 6.81. The zero-order valence-corrected chi connectivity index (χ0v) is 21.3. The summed E-state index contributed by atoms with van der Waals surface area (Å²) in [7, 11) is 0. The number of nitrogens with zero attached hydrogens (tertiary/aromatic N) is 4. The fourth-order valence-corrected chi connectivity index (χ4v) is 5.31. The van der Waals surface area contributed by atoms with Crippen molar-refractivity contribution in [1.29, 1.82) is 0 Å². The molecule has 1 aliphatic heterocycles. The van der Waals surface area contributed by atoms with Gasteiger partial charge in [0.05, 0.1) is 29.7 Å². The lowest BCUT2D eigenvalue weighted by Crippen LogP contribution is -2.38. The molecular weight excluding hydrogens is 477 g/mol.